The molecule has 0 heterocycles. The summed E-state index contributed by atoms with van der Waals surface area (Å²) in [5, 5.41) is 3.99. The minimum absolute atomic E-state index is 0.179. The number of carbonyl (C=O) groups excluding carboxylic acids is 1. The molecule has 3 rings (SSSR count). The standard InChI is InChI=1S/C22H19FN2O2/c23-20-11-9-18(10-12-20)16-27-21-8-4-7-19(13-21)15-24-25-22(26)14-17-5-2-1-3-6-17/h1-13,15H,14,16H2,(H,25,26)/b24-15-. The maximum atomic E-state index is 12.9. The lowest BCUT2D eigenvalue weighted by Crippen LogP contribution is -2.19. The van der Waals surface area contributed by atoms with Crippen molar-refractivity contribution in [3.05, 3.63) is 101 Å². The number of benzene rings is 3. The van der Waals surface area contributed by atoms with Crippen molar-refractivity contribution < 1.29 is 13.9 Å². The van der Waals surface area contributed by atoms with Gasteiger partial charge in [-0.1, -0.05) is 54.6 Å². The van der Waals surface area contributed by atoms with Gasteiger partial charge in [0.05, 0.1) is 12.6 Å². The van der Waals surface area contributed by atoms with Crippen LogP contribution in [0.3, 0.4) is 0 Å². The first-order valence-electron chi connectivity index (χ1n) is 8.52. The fraction of sp³-hybridized carbons (Fsp3) is 0.0909. The van der Waals surface area contributed by atoms with E-state index in [1.165, 1.54) is 12.1 Å². The molecule has 0 aliphatic carbocycles. The molecule has 0 aromatic heterocycles. The second kappa shape index (κ2) is 9.29. The van der Waals surface area contributed by atoms with E-state index in [2.05, 4.69) is 10.5 Å². The topological polar surface area (TPSA) is 50.7 Å². The van der Waals surface area contributed by atoms with Crippen molar-refractivity contribution in [1.29, 1.82) is 0 Å². The van der Waals surface area contributed by atoms with Gasteiger partial charge in [-0.05, 0) is 41.0 Å². The van der Waals surface area contributed by atoms with E-state index in [1.54, 1.807) is 18.3 Å². The highest BCUT2D eigenvalue weighted by Crippen LogP contribution is 2.14. The van der Waals surface area contributed by atoms with E-state index in [1.807, 2.05) is 54.6 Å². The Hall–Kier alpha value is -3.47. The molecule has 0 aliphatic rings. The van der Waals surface area contributed by atoms with Gasteiger partial charge in [0.15, 0.2) is 0 Å². The van der Waals surface area contributed by atoms with E-state index >= 15 is 0 Å². The number of hydrogen-bond acceptors (Lipinski definition) is 3. The van der Waals surface area contributed by atoms with Gasteiger partial charge in [0.25, 0.3) is 0 Å². The molecule has 27 heavy (non-hydrogen) atoms. The molecule has 0 fully saturated rings. The summed E-state index contributed by atoms with van der Waals surface area (Å²) in [7, 11) is 0. The average Bonchev–Trinajstić information content (AvgIpc) is 2.69. The zero-order valence-corrected chi connectivity index (χ0v) is 14.6. The lowest BCUT2D eigenvalue weighted by Gasteiger charge is -2.07. The predicted octanol–water partition coefficient (Wildman–Crippen LogP) is 4.10. The number of halogens is 1. The molecule has 3 aromatic carbocycles. The highest BCUT2D eigenvalue weighted by molar-refractivity contribution is 5.83. The van der Waals surface area contributed by atoms with Crippen LogP contribution in [0.5, 0.6) is 5.75 Å². The van der Waals surface area contributed by atoms with Crippen molar-refractivity contribution in [3.63, 3.8) is 0 Å². The molecule has 0 atom stereocenters. The van der Waals surface area contributed by atoms with Gasteiger partial charge in [0.2, 0.25) is 5.91 Å². The molecule has 0 aliphatic heterocycles. The van der Waals surface area contributed by atoms with Gasteiger partial charge in [-0.15, -0.1) is 0 Å². The molecule has 1 N–H and O–H groups in total. The van der Waals surface area contributed by atoms with Crippen LogP contribution in [0.15, 0.2) is 84.0 Å². The van der Waals surface area contributed by atoms with Gasteiger partial charge >= 0.3 is 0 Å². The fourth-order valence-electron chi connectivity index (χ4n) is 2.43. The number of rotatable bonds is 7. The maximum Gasteiger partial charge on any atom is 0.244 e. The Kier molecular flexibility index (Phi) is 6.30. The van der Waals surface area contributed by atoms with Gasteiger partial charge in [-0.25, -0.2) is 9.82 Å². The van der Waals surface area contributed by atoms with Crippen molar-refractivity contribution in [1.82, 2.24) is 5.43 Å². The largest absolute Gasteiger partial charge is 0.489 e. The van der Waals surface area contributed by atoms with E-state index in [-0.39, 0.29) is 18.1 Å². The Morgan fingerprint density at radius 3 is 2.52 bits per heavy atom. The number of hydrogen-bond donors (Lipinski definition) is 1. The normalized spacial score (nSPS) is 10.7. The molecule has 0 radical (unpaired) electrons. The molecule has 3 aromatic rings. The predicted molar refractivity (Wildman–Crippen MR) is 103 cm³/mol. The van der Waals surface area contributed by atoms with E-state index in [9.17, 15) is 9.18 Å². The molecular weight excluding hydrogens is 343 g/mol. The maximum absolute atomic E-state index is 12.9. The summed E-state index contributed by atoms with van der Waals surface area (Å²) in [6.45, 7) is 0.342. The van der Waals surface area contributed by atoms with Crippen LogP contribution in [-0.4, -0.2) is 12.1 Å². The molecule has 0 saturated heterocycles. The number of hydrazone groups is 1. The van der Waals surface area contributed by atoms with Crippen LogP contribution in [-0.2, 0) is 17.8 Å². The van der Waals surface area contributed by atoms with Crippen molar-refractivity contribution in [2.24, 2.45) is 5.10 Å². The minimum atomic E-state index is -0.272. The lowest BCUT2D eigenvalue weighted by molar-refractivity contribution is -0.120. The van der Waals surface area contributed by atoms with Crippen molar-refractivity contribution in [2.75, 3.05) is 0 Å². The fourth-order valence-corrected chi connectivity index (χ4v) is 2.43. The van der Waals surface area contributed by atoms with Crippen molar-refractivity contribution in [2.45, 2.75) is 13.0 Å². The Morgan fingerprint density at radius 2 is 1.74 bits per heavy atom. The molecule has 1 amide bonds. The number of nitrogens with one attached hydrogen (secondary N) is 1. The van der Waals surface area contributed by atoms with E-state index in [0.29, 0.717) is 12.4 Å². The first kappa shape index (κ1) is 18.3. The highest BCUT2D eigenvalue weighted by Gasteiger charge is 2.01. The molecular formula is C22H19FN2O2. The average molecular weight is 362 g/mol. The smallest absolute Gasteiger partial charge is 0.244 e. The van der Waals surface area contributed by atoms with Crippen molar-refractivity contribution >= 4 is 12.1 Å². The monoisotopic (exact) mass is 362 g/mol. The summed E-state index contributed by atoms with van der Waals surface area (Å²) in [5.74, 6) is 0.214. The third-order valence-corrected chi connectivity index (χ3v) is 3.79. The van der Waals surface area contributed by atoms with Gasteiger partial charge < -0.3 is 4.74 Å². The molecule has 5 heteroatoms. The van der Waals surface area contributed by atoms with E-state index in [4.69, 9.17) is 4.74 Å². The zero-order chi connectivity index (χ0) is 18.9. The Labute approximate surface area is 157 Å². The summed E-state index contributed by atoms with van der Waals surface area (Å²) in [6, 6.07) is 23.0. The van der Waals surface area contributed by atoms with Gasteiger partial charge in [0, 0.05) is 0 Å². The Morgan fingerprint density at radius 1 is 0.963 bits per heavy atom. The molecule has 0 unspecified atom stereocenters. The summed E-state index contributed by atoms with van der Waals surface area (Å²) in [6.07, 6.45) is 1.84. The van der Waals surface area contributed by atoms with Crippen LogP contribution >= 0.6 is 0 Å². The SMILES string of the molecule is O=C(Cc1ccccc1)N/N=C\c1cccc(OCc2ccc(F)cc2)c1. The Bertz CT molecular complexity index is 909. The molecule has 4 nitrogen and oxygen atoms in total. The Balaban J connectivity index is 1.51. The van der Waals surface area contributed by atoms with Gasteiger partial charge in [0.1, 0.15) is 18.2 Å². The number of carbonyl (C=O) groups is 1. The second-order valence-corrected chi connectivity index (χ2v) is 5.94. The molecule has 136 valence electrons. The second-order valence-electron chi connectivity index (χ2n) is 5.94. The van der Waals surface area contributed by atoms with Crippen LogP contribution in [0.4, 0.5) is 4.39 Å². The summed E-state index contributed by atoms with van der Waals surface area (Å²) in [4.78, 5) is 11.9. The van der Waals surface area contributed by atoms with Crippen molar-refractivity contribution in [3.8, 4) is 5.75 Å². The number of ether oxygens (including phenoxy) is 1. The van der Waals surface area contributed by atoms with Crippen LogP contribution in [0.2, 0.25) is 0 Å². The quantitative estimate of drug-likeness (QED) is 0.508. The van der Waals surface area contributed by atoms with Crippen LogP contribution in [0, 0.1) is 5.82 Å². The number of nitrogens with zero attached hydrogens (tertiary/aromatic N) is 1. The molecule has 0 saturated carbocycles. The molecule has 0 spiro atoms. The van der Waals surface area contributed by atoms with Crippen LogP contribution in [0.25, 0.3) is 0 Å². The van der Waals surface area contributed by atoms with Gasteiger partial charge in [-0.2, -0.15) is 5.10 Å². The first-order chi connectivity index (χ1) is 13.2. The third kappa shape index (κ3) is 6.08. The summed E-state index contributed by atoms with van der Waals surface area (Å²) >= 11 is 0. The molecule has 0 bridgehead atoms. The summed E-state index contributed by atoms with van der Waals surface area (Å²) in [5.41, 5.74) is 5.12. The lowest BCUT2D eigenvalue weighted by atomic mass is 10.1. The van der Waals surface area contributed by atoms with E-state index in [0.717, 1.165) is 16.7 Å². The number of amides is 1. The minimum Gasteiger partial charge on any atom is -0.489 e. The van der Waals surface area contributed by atoms with Gasteiger partial charge in [-0.3, -0.25) is 4.79 Å². The zero-order valence-electron chi connectivity index (χ0n) is 14.6. The van der Waals surface area contributed by atoms with Crippen LogP contribution in [0.1, 0.15) is 16.7 Å². The summed E-state index contributed by atoms with van der Waals surface area (Å²) < 4.78 is 18.6. The first-order valence-corrected chi connectivity index (χ1v) is 8.52. The van der Waals surface area contributed by atoms with Crippen LogP contribution < -0.4 is 10.2 Å². The highest BCUT2D eigenvalue weighted by atomic mass is 19.1. The van der Waals surface area contributed by atoms with E-state index < -0.39 is 0 Å². The third-order valence-electron chi connectivity index (χ3n) is 3.79.